The molecule has 3 aromatic rings. The second-order valence-electron chi connectivity index (χ2n) is 5.10. The van der Waals surface area contributed by atoms with Crippen molar-refractivity contribution in [3.05, 3.63) is 70.9 Å². The molecule has 0 aliphatic carbocycles. The summed E-state index contributed by atoms with van der Waals surface area (Å²) in [5.74, 6) is 0.901. The molecule has 1 unspecified atom stereocenters. The Morgan fingerprint density at radius 1 is 1.10 bits per heavy atom. The van der Waals surface area contributed by atoms with E-state index < -0.39 is 0 Å². The molecule has 0 fully saturated rings. The predicted molar refractivity (Wildman–Crippen MR) is 87.8 cm³/mol. The fourth-order valence-electron chi connectivity index (χ4n) is 2.51. The van der Waals surface area contributed by atoms with E-state index in [9.17, 15) is 0 Å². The Balaban J connectivity index is 2.04. The van der Waals surface area contributed by atoms with Gasteiger partial charge in [-0.15, -0.1) is 0 Å². The van der Waals surface area contributed by atoms with E-state index in [1.807, 2.05) is 42.5 Å². The minimum atomic E-state index is -0.0222. The number of para-hydroxylation sites is 1. The van der Waals surface area contributed by atoms with Gasteiger partial charge in [-0.2, -0.15) is 0 Å². The molecule has 2 nitrogen and oxygen atoms in total. The van der Waals surface area contributed by atoms with Gasteiger partial charge in [-0.05, 0) is 36.7 Å². The van der Waals surface area contributed by atoms with Gasteiger partial charge in [0.1, 0.15) is 11.3 Å². The Kier molecular flexibility index (Phi) is 4.28. The van der Waals surface area contributed by atoms with Crippen molar-refractivity contribution in [2.45, 2.75) is 19.4 Å². The van der Waals surface area contributed by atoms with E-state index in [1.54, 1.807) is 0 Å². The van der Waals surface area contributed by atoms with Crippen LogP contribution in [0.25, 0.3) is 11.0 Å². The van der Waals surface area contributed by atoms with Crippen LogP contribution < -0.4 is 5.32 Å². The summed E-state index contributed by atoms with van der Waals surface area (Å²) in [6.45, 7) is 3.06. The van der Waals surface area contributed by atoms with Gasteiger partial charge in [0, 0.05) is 10.4 Å². The number of halogens is 1. The molecule has 0 bridgehead atoms. The number of nitrogens with one attached hydrogen (secondary N) is 1. The zero-order valence-corrected chi connectivity index (χ0v) is 12.7. The first-order chi connectivity index (χ1) is 10.3. The van der Waals surface area contributed by atoms with Crippen LogP contribution in [0.4, 0.5) is 0 Å². The van der Waals surface area contributed by atoms with E-state index >= 15 is 0 Å². The molecule has 2 aromatic carbocycles. The van der Waals surface area contributed by atoms with Crippen molar-refractivity contribution in [2.75, 3.05) is 6.54 Å². The topological polar surface area (TPSA) is 25.2 Å². The molecular formula is C18H18ClNO. The molecule has 1 N–H and O–H groups in total. The van der Waals surface area contributed by atoms with Crippen LogP contribution in [-0.4, -0.2) is 6.54 Å². The lowest BCUT2D eigenvalue weighted by Crippen LogP contribution is -2.23. The van der Waals surface area contributed by atoms with E-state index in [1.165, 1.54) is 0 Å². The summed E-state index contributed by atoms with van der Waals surface area (Å²) >= 11 is 6.36. The van der Waals surface area contributed by atoms with Crippen LogP contribution in [0.2, 0.25) is 5.02 Å². The number of hydrogen-bond donors (Lipinski definition) is 1. The number of hydrogen-bond acceptors (Lipinski definition) is 2. The Morgan fingerprint density at radius 3 is 2.62 bits per heavy atom. The Labute approximate surface area is 129 Å². The smallest absolute Gasteiger partial charge is 0.134 e. The van der Waals surface area contributed by atoms with Crippen molar-refractivity contribution in [1.29, 1.82) is 0 Å². The van der Waals surface area contributed by atoms with Gasteiger partial charge in [-0.3, -0.25) is 0 Å². The minimum absolute atomic E-state index is 0.0222. The van der Waals surface area contributed by atoms with E-state index in [0.717, 1.165) is 40.3 Å². The minimum Gasteiger partial charge on any atom is -0.459 e. The molecule has 0 amide bonds. The Hall–Kier alpha value is -1.77. The SMILES string of the molecule is CCCNC(c1cc2ccccc2o1)c1ccccc1Cl. The van der Waals surface area contributed by atoms with Gasteiger partial charge in [0.25, 0.3) is 0 Å². The summed E-state index contributed by atoms with van der Waals surface area (Å²) in [4.78, 5) is 0. The maximum Gasteiger partial charge on any atom is 0.134 e. The van der Waals surface area contributed by atoms with Crippen LogP contribution in [0.5, 0.6) is 0 Å². The molecule has 0 saturated heterocycles. The maximum absolute atomic E-state index is 6.36. The number of furan rings is 1. The van der Waals surface area contributed by atoms with E-state index in [4.69, 9.17) is 16.0 Å². The molecule has 0 radical (unpaired) electrons. The van der Waals surface area contributed by atoms with Gasteiger partial charge in [0.05, 0.1) is 6.04 Å². The van der Waals surface area contributed by atoms with Crippen LogP contribution in [-0.2, 0) is 0 Å². The first kappa shape index (κ1) is 14.2. The molecule has 1 heterocycles. The highest BCUT2D eigenvalue weighted by Gasteiger charge is 2.20. The van der Waals surface area contributed by atoms with Gasteiger partial charge in [0.2, 0.25) is 0 Å². The maximum atomic E-state index is 6.36. The first-order valence-electron chi connectivity index (χ1n) is 7.26. The molecule has 0 aliphatic heterocycles. The fourth-order valence-corrected chi connectivity index (χ4v) is 2.75. The third kappa shape index (κ3) is 2.97. The summed E-state index contributed by atoms with van der Waals surface area (Å²) < 4.78 is 6.02. The van der Waals surface area contributed by atoms with Crippen molar-refractivity contribution < 1.29 is 4.42 Å². The summed E-state index contributed by atoms with van der Waals surface area (Å²) in [6.07, 6.45) is 1.06. The van der Waals surface area contributed by atoms with Crippen LogP contribution in [0.3, 0.4) is 0 Å². The summed E-state index contributed by atoms with van der Waals surface area (Å²) in [7, 11) is 0. The number of benzene rings is 2. The molecule has 3 rings (SSSR count). The molecule has 3 heteroatoms. The average molecular weight is 300 g/mol. The van der Waals surface area contributed by atoms with Crippen LogP contribution >= 0.6 is 11.6 Å². The highest BCUT2D eigenvalue weighted by molar-refractivity contribution is 6.31. The lowest BCUT2D eigenvalue weighted by atomic mass is 10.0. The molecule has 1 aromatic heterocycles. The van der Waals surface area contributed by atoms with Crippen LogP contribution in [0.15, 0.2) is 59.0 Å². The first-order valence-corrected chi connectivity index (χ1v) is 7.63. The normalized spacial score (nSPS) is 12.7. The van der Waals surface area contributed by atoms with E-state index in [-0.39, 0.29) is 6.04 Å². The average Bonchev–Trinajstić information content (AvgIpc) is 2.93. The molecular weight excluding hydrogens is 282 g/mol. The van der Waals surface area contributed by atoms with Gasteiger partial charge >= 0.3 is 0 Å². The number of fused-ring (bicyclic) bond motifs is 1. The van der Waals surface area contributed by atoms with Gasteiger partial charge in [-0.1, -0.05) is 54.9 Å². The molecule has 0 saturated carbocycles. The highest BCUT2D eigenvalue weighted by Crippen LogP contribution is 2.31. The Morgan fingerprint density at radius 2 is 1.86 bits per heavy atom. The van der Waals surface area contributed by atoms with Crippen LogP contribution in [0, 0.1) is 0 Å². The molecule has 21 heavy (non-hydrogen) atoms. The van der Waals surface area contributed by atoms with Gasteiger partial charge in [0.15, 0.2) is 0 Å². The quantitative estimate of drug-likeness (QED) is 0.702. The second-order valence-corrected chi connectivity index (χ2v) is 5.50. The Bertz CT molecular complexity index is 702. The standard InChI is InChI=1S/C18H18ClNO/c1-2-11-20-18(14-8-4-5-9-15(14)19)17-12-13-7-3-6-10-16(13)21-17/h3-10,12,18,20H,2,11H2,1H3. The van der Waals surface area contributed by atoms with Crippen molar-refractivity contribution in [2.24, 2.45) is 0 Å². The molecule has 108 valence electrons. The van der Waals surface area contributed by atoms with Crippen LogP contribution in [0.1, 0.15) is 30.7 Å². The number of rotatable bonds is 5. The largest absolute Gasteiger partial charge is 0.459 e. The fraction of sp³-hybridized carbons (Fsp3) is 0.222. The van der Waals surface area contributed by atoms with Crippen molar-refractivity contribution >= 4 is 22.6 Å². The summed E-state index contributed by atoms with van der Waals surface area (Å²) in [6, 6.07) is 18.0. The van der Waals surface area contributed by atoms with E-state index in [0.29, 0.717) is 0 Å². The zero-order chi connectivity index (χ0) is 14.7. The third-order valence-electron chi connectivity index (χ3n) is 3.54. The molecule has 0 aliphatic rings. The van der Waals surface area contributed by atoms with Gasteiger partial charge < -0.3 is 9.73 Å². The molecule has 0 spiro atoms. The van der Waals surface area contributed by atoms with Crippen molar-refractivity contribution in [3.63, 3.8) is 0 Å². The lowest BCUT2D eigenvalue weighted by Gasteiger charge is -2.17. The lowest BCUT2D eigenvalue weighted by molar-refractivity contribution is 0.470. The monoisotopic (exact) mass is 299 g/mol. The predicted octanol–water partition coefficient (Wildman–Crippen LogP) is 5.18. The van der Waals surface area contributed by atoms with Crippen molar-refractivity contribution in [1.82, 2.24) is 5.32 Å². The zero-order valence-electron chi connectivity index (χ0n) is 12.0. The van der Waals surface area contributed by atoms with Gasteiger partial charge in [-0.25, -0.2) is 0 Å². The van der Waals surface area contributed by atoms with Crippen molar-refractivity contribution in [3.8, 4) is 0 Å². The summed E-state index contributed by atoms with van der Waals surface area (Å²) in [5.41, 5.74) is 1.95. The van der Waals surface area contributed by atoms with E-state index in [2.05, 4.69) is 24.4 Å². The highest BCUT2D eigenvalue weighted by atomic mass is 35.5. The second kappa shape index (κ2) is 6.33. The molecule has 1 atom stereocenters. The summed E-state index contributed by atoms with van der Waals surface area (Å²) in [5, 5.41) is 5.40. The third-order valence-corrected chi connectivity index (χ3v) is 3.89.